The van der Waals surface area contributed by atoms with Crippen molar-refractivity contribution >= 4 is 17.2 Å². The predicted octanol–water partition coefficient (Wildman–Crippen LogP) is 3.82. The molecular formula is C20H26FN3OS. The molecule has 0 radical (unpaired) electrons. The monoisotopic (exact) mass is 375 g/mol. The zero-order valence-corrected chi connectivity index (χ0v) is 16.3. The number of rotatable bonds is 6. The molecule has 1 aliphatic heterocycles. The Hall–Kier alpha value is -1.79. The third kappa shape index (κ3) is 4.48. The van der Waals surface area contributed by atoms with E-state index >= 15 is 0 Å². The Morgan fingerprint density at radius 3 is 2.58 bits per heavy atom. The fraction of sp³-hybridized carbons (Fsp3) is 0.500. The van der Waals surface area contributed by atoms with Crippen LogP contribution in [0.1, 0.15) is 41.4 Å². The van der Waals surface area contributed by atoms with Crippen LogP contribution in [0.15, 0.2) is 29.8 Å². The fourth-order valence-electron chi connectivity index (χ4n) is 3.49. The lowest BCUT2D eigenvalue weighted by atomic mass is 10.00. The number of halogens is 1. The minimum absolute atomic E-state index is 0.0840. The number of thiazole rings is 1. The lowest BCUT2D eigenvalue weighted by molar-refractivity contribution is -0.136. The van der Waals surface area contributed by atoms with Gasteiger partial charge < -0.3 is 4.90 Å². The van der Waals surface area contributed by atoms with Crippen molar-refractivity contribution in [1.82, 2.24) is 14.8 Å². The summed E-state index contributed by atoms with van der Waals surface area (Å²) < 4.78 is 13.4. The molecule has 1 aromatic heterocycles. The van der Waals surface area contributed by atoms with E-state index < -0.39 is 0 Å². The molecule has 4 nitrogen and oxygen atoms in total. The van der Waals surface area contributed by atoms with Crippen LogP contribution < -0.4 is 0 Å². The lowest BCUT2D eigenvalue weighted by Crippen LogP contribution is -2.44. The number of likely N-dealkylation sites (tertiary alicyclic amines) is 1. The maximum Gasteiger partial charge on any atom is 0.244 e. The number of hydrogen-bond acceptors (Lipinski definition) is 4. The standard InChI is InChI=1S/C20H26FN3OS/c1-15-18(26-14-22-15)10-13-23(2)20(25)19(24-11-4-3-5-12-24)16-6-8-17(21)9-7-16/h6-9,14,19H,3-5,10-13H2,1-2H3. The summed E-state index contributed by atoms with van der Waals surface area (Å²) in [5, 5.41) is 0. The third-order valence-electron chi connectivity index (χ3n) is 5.07. The van der Waals surface area contributed by atoms with E-state index in [9.17, 15) is 9.18 Å². The molecule has 1 unspecified atom stereocenters. The van der Waals surface area contributed by atoms with Crippen molar-refractivity contribution in [3.8, 4) is 0 Å². The van der Waals surface area contributed by atoms with Gasteiger partial charge in [-0.05, 0) is 50.6 Å². The molecule has 2 heterocycles. The molecule has 1 aliphatic rings. The minimum atomic E-state index is -0.330. The van der Waals surface area contributed by atoms with Gasteiger partial charge in [-0.3, -0.25) is 9.69 Å². The van der Waals surface area contributed by atoms with E-state index in [1.54, 1.807) is 23.5 Å². The summed E-state index contributed by atoms with van der Waals surface area (Å²) in [6.45, 7) is 4.49. The van der Waals surface area contributed by atoms with Crippen molar-refractivity contribution in [2.24, 2.45) is 0 Å². The number of nitrogens with zero attached hydrogens (tertiary/aromatic N) is 3. The Balaban J connectivity index is 1.74. The van der Waals surface area contributed by atoms with Gasteiger partial charge in [-0.25, -0.2) is 9.37 Å². The first-order valence-electron chi connectivity index (χ1n) is 9.19. The zero-order chi connectivity index (χ0) is 18.5. The minimum Gasteiger partial charge on any atom is -0.344 e. The molecule has 0 saturated carbocycles. The second kappa shape index (κ2) is 8.73. The van der Waals surface area contributed by atoms with Crippen molar-refractivity contribution < 1.29 is 9.18 Å². The zero-order valence-electron chi connectivity index (χ0n) is 15.4. The van der Waals surface area contributed by atoms with Gasteiger partial charge in [0.1, 0.15) is 11.9 Å². The number of aryl methyl sites for hydroxylation is 1. The van der Waals surface area contributed by atoms with E-state index in [1.165, 1.54) is 23.4 Å². The second-order valence-electron chi connectivity index (χ2n) is 6.92. The first-order valence-corrected chi connectivity index (χ1v) is 10.1. The number of likely N-dealkylation sites (N-methyl/N-ethyl adjacent to an activating group) is 1. The van der Waals surface area contributed by atoms with Gasteiger partial charge in [-0.2, -0.15) is 0 Å². The summed E-state index contributed by atoms with van der Waals surface area (Å²) in [6, 6.07) is 6.05. The molecule has 3 rings (SSSR count). The molecule has 0 bridgehead atoms. The maximum atomic E-state index is 13.4. The highest BCUT2D eigenvalue weighted by atomic mass is 32.1. The quantitative estimate of drug-likeness (QED) is 0.770. The van der Waals surface area contributed by atoms with Gasteiger partial charge in [-0.1, -0.05) is 18.6 Å². The summed E-state index contributed by atoms with van der Waals surface area (Å²) in [7, 11) is 1.86. The summed E-state index contributed by atoms with van der Waals surface area (Å²) in [4.78, 5) is 22.8. The molecule has 1 atom stereocenters. The van der Waals surface area contributed by atoms with Crippen LogP contribution in [0.25, 0.3) is 0 Å². The van der Waals surface area contributed by atoms with Gasteiger partial charge in [-0.15, -0.1) is 11.3 Å². The number of benzene rings is 1. The Morgan fingerprint density at radius 2 is 1.96 bits per heavy atom. The number of amides is 1. The summed E-state index contributed by atoms with van der Waals surface area (Å²) in [6.07, 6.45) is 4.24. The summed E-state index contributed by atoms with van der Waals surface area (Å²) >= 11 is 1.64. The molecule has 26 heavy (non-hydrogen) atoms. The smallest absolute Gasteiger partial charge is 0.244 e. The Labute approximate surface area is 158 Å². The summed E-state index contributed by atoms with van der Waals surface area (Å²) in [5.74, 6) is -0.187. The van der Waals surface area contributed by atoms with E-state index in [4.69, 9.17) is 0 Å². The largest absolute Gasteiger partial charge is 0.344 e. The molecule has 0 aliphatic carbocycles. The Kier molecular flexibility index (Phi) is 6.38. The van der Waals surface area contributed by atoms with Crippen molar-refractivity contribution in [2.45, 2.75) is 38.6 Å². The van der Waals surface area contributed by atoms with Gasteiger partial charge in [0.15, 0.2) is 0 Å². The van der Waals surface area contributed by atoms with Crippen LogP contribution in [0, 0.1) is 12.7 Å². The van der Waals surface area contributed by atoms with Crippen molar-refractivity contribution in [2.75, 3.05) is 26.7 Å². The van der Waals surface area contributed by atoms with E-state index in [1.807, 2.05) is 24.4 Å². The second-order valence-corrected chi connectivity index (χ2v) is 7.86. The first-order chi connectivity index (χ1) is 12.6. The van der Waals surface area contributed by atoms with Crippen LogP contribution in [-0.2, 0) is 11.2 Å². The number of aromatic nitrogens is 1. The highest BCUT2D eigenvalue weighted by molar-refractivity contribution is 7.09. The van der Waals surface area contributed by atoms with E-state index in [-0.39, 0.29) is 17.8 Å². The van der Waals surface area contributed by atoms with Crippen LogP contribution >= 0.6 is 11.3 Å². The van der Waals surface area contributed by atoms with Crippen LogP contribution in [0.4, 0.5) is 4.39 Å². The topological polar surface area (TPSA) is 36.4 Å². The molecule has 1 saturated heterocycles. The normalized spacial score (nSPS) is 16.4. The third-order valence-corrected chi connectivity index (χ3v) is 6.07. The van der Waals surface area contributed by atoms with E-state index in [0.29, 0.717) is 6.54 Å². The molecule has 1 aromatic carbocycles. The van der Waals surface area contributed by atoms with Crippen LogP contribution in [-0.4, -0.2) is 47.4 Å². The Morgan fingerprint density at radius 1 is 1.27 bits per heavy atom. The predicted molar refractivity (Wildman–Crippen MR) is 103 cm³/mol. The van der Waals surface area contributed by atoms with Crippen LogP contribution in [0.5, 0.6) is 0 Å². The van der Waals surface area contributed by atoms with Crippen molar-refractivity contribution in [3.63, 3.8) is 0 Å². The van der Waals surface area contributed by atoms with Crippen molar-refractivity contribution in [3.05, 3.63) is 51.7 Å². The van der Waals surface area contributed by atoms with Gasteiger partial charge in [0.25, 0.3) is 0 Å². The van der Waals surface area contributed by atoms with Gasteiger partial charge in [0.2, 0.25) is 5.91 Å². The van der Waals surface area contributed by atoms with Crippen molar-refractivity contribution in [1.29, 1.82) is 0 Å². The molecule has 2 aromatic rings. The van der Waals surface area contributed by atoms with Gasteiger partial charge in [0, 0.05) is 24.9 Å². The number of piperidine rings is 1. The summed E-state index contributed by atoms with van der Waals surface area (Å²) in [5.41, 5.74) is 3.77. The highest BCUT2D eigenvalue weighted by Gasteiger charge is 2.30. The highest BCUT2D eigenvalue weighted by Crippen LogP contribution is 2.27. The number of hydrogen-bond donors (Lipinski definition) is 0. The van der Waals surface area contributed by atoms with E-state index in [2.05, 4.69) is 9.88 Å². The van der Waals surface area contributed by atoms with E-state index in [0.717, 1.165) is 43.6 Å². The number of carbonyl (C=O) groups is 1. The van der Waals surface area contributed by atoms with Gasteiger partial charge >= 0.3 is 0 Å². The molecule has 140 valence electrons. The average Bonchev–Trinajstić information content (AvgIpc) is 3.07. The Bertz CT molecular complexity index is 725. The van der Waals surface area contributed by atoms with Crippen LogP contribution in [0.2, 0.25) is 0 Å². The molecule has 1 amide bonds. The molecule has 0 N–H and O–H groups in total. The van der Waals surface area contributed by atoms with Crippen LogP contribution in [0.3, 0.4) is 0 Å². The fourth-order valence-corrected chi connectivity index (χ4v) is 4.26. The molecular weight excluding hydrogens is 349 g/mol. The number of carbonyl (C=O) groups excluding carboxylic acids is 1. The lowest BCUT2D eigenvalue weighted by Gasteiger charge is -2.36. The first kappa shape index (κ1) is 19.0. The SMILES string of the molecule is Cc1ncsc1CCN(C)C(=O)C(c1ccc(F)cc1)N1CCCCC1. The molecule has 0 spiro atoms. The maximum absolute atomic E-state index is 13.4. The van der Waals surface area contributed by atoms with Gasteiger partial charge in [0.05, 0.1) is 11.2 Å². The molecule has 1 fully saturated rings. The average molecular weight is 376 g/mol. The molecule has 6 heteroatoms.